The average Bonchev–Trinajstić information content (AvgIpc) is 3.53. The third-order valence-electron chi connectivity index (χ3n) is 7.36. The van der Waals surface area contributed by atoms with E-state index in [1.54, 1.807) is 4.57 Å². The molecule has 9 nitrogen and oxygen atoms in total. The lowest BCUT2D eigenvalue weighted by atomic mass is 9.81. The molecule has 1 aliphatic heterocycles. The Morgan fingerprint density at radius 2 is 1.91 bits per heavy atom. The first-order valence-corrected chi connectivity index (χ1v) is 11.3. The zero-order valence-electron chi connectivity index (χ0n) is 18.5. The van der Waals surface area contributed by atoms with Gasteiger partial charge in [-0.2, -0.15) is 0 Å². The highest BCUT2D eigenvalue weighted by Crippen LogP contribution is 2.50. The summed E-state index contributed by atoms with van der Waals surface area (Å²) in [6, 6.07) is 14.4. The van der Waals surface area contributed by atoms with Gasteiger partial charge in [0.1, 0.15) is 30.2 Å². The molecule has 1 unspecified atom stereocenters. The monoisotopic (exact) mass is 459 g/mol. The molecule has 2 aromatic heterocycles. The molecule has 5 N–H and O–H groups in total. The number of aliphatic hydroxyl groups is 3. The zero-order chi connectivity index (χ0) is 23.6. The van der Waals surface area contributed by atoms with Crippen LogP contribution in [0.3, 0.4) is 0 Å². The molecule has 1 aliphatic carbocycles. The van der Waals surface area contributed by atoms with Crippen molar-refractivity contribution in [3.63, 3.8) is 0 Å². The third kappa shape index (κ3) is 2.72. The van der Waals surface area contributed by atoms with E-state index in [9.17, 15) is 15.3 Å². The number of nitrogen functional groups attached to an aromatic ring is 1. The predicted octanol–water partition coefficient (Wildman–Crippen LogP) is 1.55. The largest absolute Gasteiger partial charge is 0.394 e. The standard InChI is InChI=1S/C25H25N5O4/c1-13(15-7-4-8-17-16-6-3-2-5-14(16)9-18(15)17)25(22(33)21(32)19(10-31)34-25)30-12-29-20-23(26)27-11-28-24(20)30/h2-8,11-13,19,21-22,31-33H,9-10H2,1H3,(H2,26,27,28)/t13?,19-,21-,22-,25-/m1/s1. The molecule has 174 valence electrons. The van der Waals surface area contributed by atoms with Gasteiger partial charge < -0.3 is 25.8 Å². The lowest BCUT2D eigenvalue weighted by Crippen LogP contribution is -2.49. The number of imidazole rings is 1. The first-order valence-electron chi connectivity index (χ1n) is 11.3. The number of aromatic nitrogens is 4. The van der Waals surface area contributed by atoms with Gasteiger partial charge in [-0.15, -0.1) is 0 Å². The second-order valence-electron chi connectivity index (χ2n) is 9.00. The Bertz CT molecular complexity index is 1410. The fourth-order valence-corrected chi connectivity index (χ4v) is 5.66. The van der Waals surface area contributed by atoms with Crippen LogP contribution in [0.5, 0.6) is 0 Å². The van der Waals surface area contributed by atoms with Crippen molar-refractivity contribution in [1.29, 1.82) is 0 Å². The number of ether oxygens (including phenoxy) is 1. The Balaban J connectivity index is 1.57. The molecule has 1 saturated heterocycles. The maximum atomic E-state index is 11.5. The minimum absolute atomic E-state index is 0.203. The van der Waals surface area contributed by atoms with Crippen LogP contribution in [0, 0.1) is 0 Å². The molecule has 34 heavy (non-hydrogen) atoms. The first kappa shape index (κ1) is 21.2. The minimum Gasteiger partial charge on any atom is -0.394 e. The second-order valence-corrected chi connectivity index (χ2v) is 9.00. The van der Waals surface area contributed by atoms with Gasteiger partial charge in [0.05, 0.1) is 12.9 Å². The van der Waals surface area contributed by atoms with Crippen LogP contribution >= 0.6 is 0 Å². The lowest BCUT2D eigenvalue weighted by molar-refractivity contribution is -0.159. The van der Waals surface area contributed by atoms with Gasteiger partial charge in [0.25, 0.3) is 0 Å². The van der Waals surface area contributed by atoms with E-state index in [0.29, 0.717) is 11.2 Å². The molecule has 0 radical (unpaired) electrons. The van der Waals surface area contributed by atoms with Crippen molar-refractivity contribution >= 4 is 17.0 Å². The normalized spacial score (nSPS) is 26.5. The Labute approximate surface area is 195 Å². The Hall–Kier alpha value is -3.37. The van der Waals surface area contributed by atoms with E-state index in [4.69, 9.17) is 10.5 Å². The summed E-state index contributed by atoms with van der Waals surface area (Å²) in [6.07, 6.45) is -0.0789. The Morgan fingerprint density at radius 1 is 1.12 bits per heavy atom. The van der Waals surface area contributed by atoms with Gasteiger partial charge in [-0.25, -0.2) is 15.0 Å². The summed E-state index contributed by atoms with van der Waals surface area (Å²) in [5.74, 6) is -0.249. The second kappa shape index (κ2) is 7.57. The van der Waals surface area contributed by atoms with E-state index in [2.05, 4.69) is 33.2 Å². The van der Waals surface area contributed by atoms with E-state index >= 15 is 0 Å². The molecule has 2 aliphatic rings. The van der Waals surface area contributed by atoms with Crippen LogP contribution in [0.1, 0.15) is 29.5 Å². The molecular weight excluding hydrogens is 434 g/mol. The van der Waals surface area contributed by atoms with Crippen molar-refractivity contribution in [1.82, 2.24) is 19.5 Å². The van der Waals surface area contributed by atoms with Crippen LogP contribution < -0.4 is 5.73 Å². The molecule has 9 heteroatoms. The molecule has 1 fully saturated rings. The van der Waals surface area contributed by atoms with Gasteiger partial charge in [-0.05, 0) is 34.2 Å². The van der Waals surface area contributed by atoms with Gasteiger partial charge in [-0.3, -0.25) is 4.57 Å². The number of benzene rings is 2. The Kier molecular flexibility index (Phi) is 4.72. The molecule has 0 spiro atoms. The fourth-order valence-electron chi connectivity index (χ4n) is 5.66. The smallest absolute Gasteiger partial charge is 0.183 e. The summed E-state index contributed by atoms with van der Waals surface area (Å²) in [5.41, 5.74) is 11.0. The average molecular weight is 460 g/mol. The SMILES string of the molecule is CC(c1cccc2c1Cc1ccccc1-2)[C@@]1(n2cnc3c(N)ncnc32)O[C@H](CO)[C@@H](O)[C@H]1O. The molecule has 0 saturated carbocycles. The zero-order valence-corrected chi connectivity index (χ0v) is 18.5. The van der Waals surface area contributed by atoms with Gasteiger partial charge in [0.15, 0.2) is 17.2 Å². The first-order chi connectivity index (χ1) is 16.5. The van der Waals surface area contributed by atoms with E-state index in [1.165, 1.54) is 23.8 Å². The van der Waals surface area contributed by atoms with Crippen molar-refractivity contribution < 1.29 is 20.1 Å². The highest BCUT2D eigenvalue weighted by Gasteiger charge is 2.59. The Morgan fingerprint density at radius 3 is 2.71 bits per heavy atom. The van der Waals surface area contributed by atoms with Crippen LogP contribution in [0.15, 0.2) is 55.1 Å². The summed E-state index contributed by atoms with van der Waals surface area (Å²) in [5, 5.41) is 32.2. The van der Waals surface area contributed by atoms with Crippen LogP contribution in [-0.4, -0.2) is 59.8 Å². The van der Waals surface area contributed by atoms with Crippen LogP contribution in [0.25, 0.3) is 22.3 Å². The molecule has 4 aromatic rings. The fraction of sp³-hybridized carbons (Fsp3) is 0.320. The van der Waals surface area contributed by atoms with Crippen LogP contribution in [0.4, 0.5) is 5.82 Å². The third-order valence-corrected chi connectivity index (χ3v) is 7.36. The molecule has 5 atom stereocenters. The van der Waals surface area contributed by atoms with E-state index < -0.39 is 36.6 Å². The number of fused-ring (bicyclic) bond motifs is 4. The summed E-state index contributed by atoms with van der Waals surface area (Å²) < 4.78 is 7.96. The molecular formula is C25H25N5O4. The topological polar surface area (TPSA) is 140 Å². The highest BCUT2D eigenvalue weighted by molar-refractivity contribution is 5.81. The maximum absolute atomic E-state index is 11.5. The van der Waals surface area contributed by atoms with Crippen LogP contribution in [0.2, 0.25) is 0 Å². The number of anilines is 1. The van der Waals surface area contributed by atoms with Gasteiger partial charge in [-0.1, -0.05) is 49.4 Å². The maximum Gasteiger partial charge on any atom is 0.183 e. The lowest BCUT2D eigenvalue weighted by Gasteiger charge is -2.40. The van der Waals surface area contributed by atoms with E-state index in [0.717, 1.165) is 23.1 Å². The molecule has 2 aromatic carbocycles. The van der Waals surface area contributed by atoms with Gasteiger partial charge >= 0.3 is 0 Å². The number of nitrogens with zero attached hydrogens (tertiary/aromatic N) is 4. The van der Waals surface area contributed by atoms with E-state index in [-0.39, 0.29) is 5.82 Å². The van der Waals surface area contributed by atoms with Crippen molar-refractivity contribution in [3.05, 3.63) is 71.8 Å². The minimum atomic E-state index is -1.49. The van der Waals surface area contributed by atoms with Crippen molar-refractivity contribution in [3.8, 4) is 11.1 Å². The molecule has 0 amide bonds. The molecule has 0 bridgehead atoms. The van der Waals surface area contributed by atoms with Crippen molar-refractivity contribution in [2.45, 2.75) is 43.3 Å². The predicted molar refractivity (Wildman–Crippen MR) is 125 cm³/mol. The van der Waals surface area contributed by atoms with Crippen LogP contribution in [-0.2, 0) is 16.9 Å². The summed E-state index contributed by atoms with van der Waals surface area (Å²) in [7, 11) is 0. The number of rotatable bonds is 4. The molecule has 3 heterocycles. The van der Waals surface area contributed by atoms with E-state index in [1.807, 2.05) is 31.2 Å². The van der Waals surface area contributed by atoms with Crippen molar-refractivity contribution in [2.24, 2.45) is 0 Å². The quantitative estimate of drug-likeness (QED) is 0.317. The van der Waals surface area contributed by atoms with Crippen molar-refractivity contribution in [2.75, 3.05) is 12.3 Å². The van der Waals surface area contributed by atoms with Gasteiger partial charge in [0.2, 0.25) is 0 Å². The highest BCUT2D eigenvalue weighted by atomic mass is 16.6. The number of nitrogens with two attached hydrogens (primary N) is 1. The number of hydrogen-bond acceptors (Lipinski definition) is 8. The summed E-state index contributed by atoms with van der Waals surface area (Å²) in [6.45, 7) is 1.50. The van der Waals surface area contributed by atoms with Gasteiger partial charge in [0, 0.05) is 5.92 Å². The summed E-state index contributed by atoms with van der Waals surface area (Å²) in [4.78, 5) is 12.7. The number of aliphatic hydroxyl groups excluding tert-OH is 3. The summed E-state index contributed by atoms with van der Waals surface area (Å²) >= 11 is 0. The number of hydrogen-bond donors (Lipinski definition) is 4. The molecule has 6 rings (SSSR count).